The number of sulfone groups is 1. The standard InChI is InChI=1S/C22H22ClN3O4S/c1-15-4-2-3-5-20(15)30-13-22(27)24-21-12-19(16-6-8-17(23)9-7-16)25-26(21)18-10-11-31(28,29)14-18/h2-9,12,18H,10-11,13-14H2,1H3,(H,24,27). The van der Waals surface area contributed by atoms with E-state index in [2.05, 4.69) is 10.4 Å². The maximum absolute atomic E-state index is 12.6. The Morgan fingerprint density at radius 1 is 1.23 bits per heavy atom. The van der Waals surface area contributed by atoms with Crippen LogP contribution in [0, 0.1) is 6.92 Å². The first-order valence-electron chi connectivity index (χ1n) is 9.85. The summed E-state index contributed by atoms with van der Waals surface area (Å²) >= 11 is 5.97. The predicted molar refractivity (Wildman–Crippen MR) is 120 cm³/mol. The van der Waals surface area contributed by atoms with Gasteiger partial charge in [0, 0.05) is 16.7 Å². The summed E-state index contributed by atoms with van der Waals surface area (Å²) in [6, 6.07) is 16.0. The zero-order valence-electron chi connectivity index (χ0n) is 16.9. The molecule has 1 aliphatic heterocycles. The quantitative estimate of drug-likeness (QED) is 0.604. The fourth-order valence-electron chi connectivity index (χ4n) is 3.54. The molecule has 3 aromatic rings. The maximum Gasteiger partial charge on any atom is 0.263 e. The molecular weight excluding hydrogens is 438 g/mol. The van der Waals surface area contributed by atoms with Crippen molar-refractivity contribution in [3.05, 3.63) is 65.2 Å². The first-order chi connectivity index (χ1) is 14.8. The van der Waals surface area contributed by atoms with E-state index in [-0.39, 0.29) is 30.1 Å². The number of amides is 1. The van der Waals surface area contributed by atoms with Gasteiger partial charge in [-0.2, -0.15) is 5.10 Å². The van der Waals surface area contributed by atoms with E-state index < -0.39 is 9.84 Å². The van der Waals surface area contributed by atoms with E-state index in [0.29, 0.717) is 28.7 Å². The van der Waals surface area contributed by atoms with Crippen LogP contribution in [0.1, 0.15) is 18.0 Å². The molecule has 0 bridgehead atoms. The molecular formula is C22H22ClN3O4S. The number of halogens is 1. The molecule has 2 heterocycles. The number of rotatable bonds is 6. The van der Waals surface area contributed by atoms with Crippen molar-refractivity contribution in [2.75, 3.05) is 23.4 Å². The van der Waals surface area contributed by atoms with E-state index in [1.165, 1.54) is 0 Å². The Kier molecular flexibility index (Phi) is 6.02. The Hall–Kier alpha value is -2.84. The molecule has 0 aliphatic carbocycles. The second-order valence-corrected chi connectivity index (χ2v) is 10.2. The van der Waals surface area contributed by atoms with Crippen molar-refractivity contribution >= 4 is 33.2 Å². The van der Waals surface area contributed by atoms with Gasteiger partial charge < -0.3 is 10.1 Å². The predicted octanol–water partition coefficient (Wildman–Crippen LogP) is 3.89. The number of hydrogen-bond acceptors (Lipinski definition) is 5. The molecule has 1 amide bonds. The van der Waals surface area contributed by atoms with Crippen molar-refractivity contribution in [2.45, 2.75) is 19.4 Å². The number of nitrogens with one attached hydrogen (secondary N) is 1. The lowest BCUT2D eigenvalue weighted by molar-refractivity contribution is -0.118. The van der Waals surface area contributed by atoms with Gasteiger partial charge in [-0.15, -0.1) is 0 Å². The second kappa shape index (κ2) is 8.72. The lowest BCUT2D eigenvalue weighted by Crippen LogP contribution is -2.24. The summed E-state index contributed by atoms with van der Waals surface area (Å²) in [5.74, 6) is 0.822. The molecule has 1 unspecified atom stereocenters. The fourth-order valence-corrected chi connectivity index (χ4v) is 5.35. The summed E-state index contributed by atoms with van der Waals surface area (Å²) in [6.45, 7) is 1.73. The van der Waals surface area contributed by atoms with E-state index >= 15 is 0 Å². The molecule has 0 radical (unpaired) electrons. The number of benzene rings is 2. The van der Waals surface area contributed by atoms with Crippen LogP contribution in [0.25, 0.3) is 11.3 Å². The number of aromatic nitrogens is 2. The minimum absolute atomic E-state index is 0.00266. The molecule has 0 spiro atoms. The Balaban J connectivity index is 1.56. The molecule has 1 aromatic heterocycles. The molecule has 0 saturated carbocycles. The van der Waals surface area contributed by atoms with Gasteiger partial charge in [0.05, 0.1) is 23.2 Å². The smallest absolute Gasteiger partial charge is 0.263 e. The molecule has 1 atom stereocenters. The van der Waals surface area contributed by atoms with Crippen molar-refractivity contribution in [1.82, 2.24) is 9.78 Å². The van der Waals surface area contributed by atoms with E-state index in [4.69, 9.17) is 16.3 Å². The molecule has 2 aromatic carbocycles. The SMILES string of the molecule is Cc1ccccc1OCC(=O)Nc1cc(-c2ccc(Cl)cc2)nn1C1CCS(=O)(=O)C1. The monoisotopic (exact) mass is 459 g/mol. The van der Waals surface area contributed by atoms with Gasteiger partial charge in [-0.25, -0.2) is 13.1 Å². The van der Waals surface area contributed by atoms with Gasteiger partial charge in [0.1, 0.15) is 11.6 Å². The number of carbonyl (C=O) groups excluding carboxylic acids is 1. The number of hydrogen-bond donors (Lipinski definition) is 1. The Labute approximate surface area is 185 Å². The first-order valence-corrected chi connectivity index (χ1v) is 12.0. The maximum atomic E-state index is 12.6. The van der Waals surface area contributed by atoms with Crippen LogP contribution in [-0.2, 0) is 14.6 Å². The minimum Gasteiger partial charge on any atom is -0.483 e. The highest BCUT2D eigenvalue weighted by atomic mass is 35.5. The molecule has 9 heteroatoms. The summed E-state index contributed by atoms with van der Waals surface area (Å²) in [5.41, 5.74) is 2.37. The van der Waals surface area contributed by atoms with Crippen LogP contribution >= 0.6 is 11.6 Å². The topological polar surface area (TPSA) is 90.3 Å². The van der Waals surface area contributed by atoms with Crippen LogP contribution in [-0.4, -0.2) is 42.2 Å². The Morgan fingerprint density at radius 2 is 1.97 bits per heavy atom. The van der Waals surface area contributed by atoms with E-state index in [0.717, 1.165) is 11.1 Å². The molecule has 31 heavy (non-hydrogen) atoms. The number of para-hydroxylation sites is 1. The van der Waals surface area contributed by atoms with Crippen molar-refractivity contribution in [1.29, 1.82) is 0 Å². The van der Waals surface area contributed by atoms with E-state index in [1.807, 2.05) is 37.3 Å². The van der Waals surface area contributed by atoms with Crippen LogP contribution in [0.5, 0.6) is 5.75 Å². The van der Waals surface area contributed by atoms with Gasteiger partial charge in [0.2, 0.25) is 0 Å². The highest BCUT2D eigenvalue weighted by Gasteiger charge is 2.31. The third kappa shape index (κ3) is 5.08. The van der Waals surface area contributed by atoms with Crippen LogP contribution in [0.2, 0.25) is 5.02 Å². The summed E-state index contributed by atoms with van der Waals surface area (Å²) in [7, 11) is -3.12. The molecule has 1 saturated heterocycles. The summed E-state index contributed by atoms with van der Waals surface area (Å²) in [4.78, 5) is 12.6. The summed E-state index contributed by atoms with van der Waals surface area (Å²) in [6.07, 6.45) is 0.451. The zero-order chi connectivity index (χ0) is 22.0. The number of ether oxygens (including phenoxy) is 1. The first kappa shape index (κ1) is 21.4. The average molecular weight is 460 g/mol. The average Bonchev–Trinajstić information content (AvgIpc) is 3.30. The number of carbonyl (C=O) groups is 1. The second-order valence-electron chi connectivity index (χ2n) is 7.53. The molecule has 7 nitrogen and oxygen atoms in total. The van der Waals surface area contributed by atoms with Gasteiger partial charge in [-0.3, -0.25) is 4.79 Å². The molecule has 1 fully saturated rings. The summed E-state index contributed by atoms with van der Waals surface area (Å²) < 4.78 is 31.2. The van der Waals surface area contributed by atoms with Gasteiger partial charge in [-0.05, 0) is 37.1 Å². The third-order valence-electron chi connectivity index (χ3n) is 5.15. The van der Waals surface area contributed by atoms with Crippen molar-refractivity contribution < 1.29 is 17.9 Å². The Bertz CT molecular complexity index is 1210. The molecule has 1 aliphatic rings. The van der Waals surface area contributed by atoms with Crippen molar-refractivity contribution in [3.8, 4) is 17.0 Å². The number of aryl methyl sites for hydroxylation is 1. The van der Waals surface area contributed by atoms with Crippen molar-refractivity contribution in [3.63, 3.8) is 0 Å². The number of anilines is 1. The fraction of sp³-hybridized carbons (Fsp3) is 0.273. The lowest BCUT2D eigenvalue weighted by atomic mass is 10.1. The van der Waals surface area contributed by atoms with E-state index in [1.54, 1.807) is 28.9 Å². The van der Waals surface area contributed by atoms with Crippen LogP contribution in [0.4, 0.5) is 5.82 Å². The molecule has 4 rings (SSSR count). The Morgan fingerprint density at radius 3 is 2.65 bits per heavy atom. The largest absolute Gasteiger partial charge is 0.483 e. The normalized spacial score (nSPS) is 17.4. The van der Waals surface area contributed by atoms with Gasteiger partial charge in [-0.1, -0.05) is 41.9 Å². The highest BCUT2D eigenvalue weighted by molar-refractivity contribution is 7.91. The molecule has 1 N–H and O–H groups in total. The summed E-state index contributed by atoms with van der Waals surface area (Å²) in [5, 5.41) is 8.02. The van der Waals surface area contributed by atoms with Gasteiger partial charge >= 0.3 is 0 Å². The van der Waals surface area contributed by atoms with Crippen LogP contribution in [0.3, 0.4) is 0 Å². The highest BCUT2D eigenvalue weighted by Crippen LogP contribution is 2.30. The van der Waals surface area contributed by atoms with Gasteiger partial charge in [0.15, 0.2) is 16.4 Å². The van der Waals surface area contributed by atoms with Crippen molar-refractivity contribution in [2.24, 2.45) is 0 Å². The minimum atomic E-state index is -3.12. The van der Waals surface area contributed by atoms with Crippen LogP contribution < -0.4 is 10.1 Å². The third-order valence-corrected chi connectivity index (χ3v) is 7.15. The van der Waals surface area contributed by atoms with Gasteiger partial charge in [0.25, 0.3) is 5.91 Å². The van der Waals surface area contributed by atoms with E-state index in [9.17, 15) is 13.2 Å². The molecule has 162 valence electrons. The lowest BCUT2D eigenvalue weighted by Gasteiger charge is -2.14. The zero-order valence-corrected chi connectivity index (χ0v) is 18.5. The van der Waals surface area contributed by atoms with Crippen LogP contribution in [0.15, 0.2) is 54.6 Å². The number of nitrogens with zero attached hydrogens (tertiary/aromatic N) is 2.